The molecular weight excluding hydrogens is 305 g/mol. The fourth-order valence-corrected chi connectivity index (χ4v) is 3.50. The van der Waals surface area contributed by atoms with E-state index >= 15 is 0 Å². The zero-order chi connectivity index (χ0) is 15.5. The Kier molecular flexibility index (Phi) is 4.20. The molecule has 22 heavy (non-hydrogen) atoms. The monoisotopic (exact) mass is 319 g/mol. The lowest BCUT2D eigenvalue weighted by atomic mass is 10.2. The summed E-state index contributed by atoms with van der Waals surface area (Å²) in [5.74, 6) is 0.280. The lowest BCUT2D eigenvalue weighted by molar-refractivity contribution is -0.120. The normalized spacial score (nSPS) is 17.0. The first-order chi connectivity index (χ1) is 10.6. The summed E-state index contributed by atoms with van der Waals surface area (Å²) in [5.41, 5.74) is 0.666. The third kappa shape index (κ3) is 3.01. The van der Waals surface area contributed by atoms with Crippen LogP contribution in [0.5, 0.6) is 5.75 Å². The van der Waals surface area contributed by atoms with E-state index in [1.165, 1.54) is 24.3 Å². The largest absolute Gasteiger partial charge is 0.484 e. The van der Waals surface area contributed by atoms with Gasteiger partial charge in [0, 0.05) is 12.3 Å². The van der Waals surface area contributed by atoms with Crippen LogP contribution in [0.25, 0.3) is 0 Å². The number of anilines is 1. The van der Waals surface area contributed by atoms with Gasteiger partial charge in [-0.2, -0.15) is 0 Å². The number of amides is 1. The number of hydrogen-bond donors (Lipinski definition) is 0. The molecule has 0 N–H and O–H groups in total. The van der Waals surface area contributed by atoms with Crippen molar-refractivity contribution in [2.45, 2.75) is 4.90 Å². The second kappa shape index (κ2) is 6.27. The summed E-state index contributed by atoms with van der Waals surface area (Å²) in [6.07, 6.45) is 0. The molecule has 3 rings (SSSR count). The molecule has 114 valence electrons. The van der Waals surface area contributed by atoms with Gasteiger partial charge in [-0.1, -0.05) is 12.1 Å². The average Bonchev–Trinajstić information content (AvgIpc) is 2.55. The van der Waals surface area contributed by atoms with E-state index in [0.717, 1.165) is 0 Å². The third-order valence-corrected chi connectivity index (χ3v) is 4.77. The van der Waals surface area contributed by atoms with E-state index in [4.69, 9.17) is 4.74 Å². The van der Waals surface area contributed by atoms with Crippen LogP contribution in [0.4, 0.5) is 10.1 Å². The van der Waals surface area contributed by atoms with Gasteiger partial charge in [0.25, 0.3) is 5.91 Å². The highest BCUT2D eigenvalue weighted by atomic mass is 32.2. The summed E-state index contributed by atoms with van der Waals surface area (Å²) in [6, 6.07) is 12.7. The molecule has 2 aromatic rings. The Hall–Kier alpha value is -2.21. The number of fused-ring (bicyclic) bond motifs is 1. The van der Waals surface area contributed by atoms with Gasteiger partial charge < -0.3 is 9.64 Å². The molecule has 0 saturated heterocycles. The van der Waals surface area contributed by atoms with Crippen LogP contribution < -0.4 is 9.64 Å². The highest BCUT2D eigenvalue weighted by Gasteiger charge is 2.26. The van der Waals surface area contributed by atoms with Crippen LogP contribution in [0.2, 0.25) is 0 Å². The average molecular weight is 319 g/mol. The van der Waals surface area contributed by atoms with Gasteiger partial charge in [-0.3, -0.25) is 9.00 Å². The number of carbonyl (C=O) groups is 1. The number of rotatable bonds is 3. The Morgan fingerprint density at radius 3 is 2.68 bits per heavy atom. The molecule has 0 aliphatic carbocycles. The number of ether oxygens (including phenoxy) is 1. The standard InChI is InChI=1S/C16H14FNO3S/c17-12-5-7-13(8-6-12)21-11-16(19)18-9-10-22(20)15-4-2-1-3-14(15)18/h1-8H,9-11H2. The van der Waals surface area contributed by atoms with E-state index in [1.54, 1.807) is 23.1 Å². The van der Waals surface area contributed by atoms with Crippen LogP contribution in [-0.2, 0) is 15.6 Å². The first kappa shape index (κ1) is 14.7. The van der Waals surface area contributed by atoms with Gasteiger partial charge in [0.2, 0.25) is 0 Å². The fourth-order valence-electron chi connectivity index (χ4n) is 2.29. The van der Waals surface area contributed by atoms with Crippen molar-refractivity contribution >= 4 is 22.4 Å². The van der Waals surface area contributed by atoms with Crippen molar-refractivity contribution in [1.82, 2.24) is 0 Å². The second-order valence-corrected chi connectivity index (χ2v) is 6.34. The molecular formula is C16H14FNO3S. The van der Waals surface area contributed by atoms with Crippen LogP contribution in [0.15, 0.2) is 53.4 Å². The molecule has 0 aromatic heterocycles. The number of halogens is 1. The lowest BCUT2D eigenvalue weighted by Gasteiger charge is -2.28. The molecule has 2 aromatic carbocycles. The predicted octanol–water partition coefficient (Wildman–Crippen LogP) is 2.36. The Morgan fingerprint density at radius 1 is 1.18 bits per heavy atom. The van der Waals surface area contributed by atoms with Crippen molar-refractivity contribution in [3.05, 3.63) is 54.3 Å². The van der Waals surface area contributed by atoms with Gasteiger partial charge in [0.05, 0.1) is 21.4 Å². The van der Waals surface area contributed by atoms with Crippen molar-refractivity contribution in [2.24, 2.45) is 0 Å². The minimum absolute atomic E-state index is 0.146. The Labute approximate surface area is 130 Å². The molecule has 4 nitrogen and oxygen atoms in total. The van der Waals surface area contributed by atoms with Crippen LogP contribution >= 0.6 is 0 Å². The summed E-state index contributed by atoms with van der Waals surface area (Å²) >= 11 is 0. The predicted molar refractivity (Wildman–Crippen MR) is 82.0 cm³/mol. The molecule has 1 heterocycles. The van der Waals surface area contributed by atoms with E-state index in [1.807, 2.05) is 6.07 Å². The first-order valence-electron chi connectivity index (χ1n) is 6.81. The lowest BCUT2D eigenvalue weighted by Crippen LogP contribution is -2.40. The molecule has 0 spiro atoms. The smallest absolute Gasteiger partial charge is 0.264 e. The van der Waals surface area contributed by atoms with Crippen molar-refractivity contribution in [3.8, 4) is 5.75 Å². The third-order valence-electron chi connectivity index (χ3n) is 3.38. The first-order valence-corrected chi connectivity index (χ1v) is 8.13. The van der Waals surface area contributed by atoms with E-state index in [2.05, 4.69) is 0 Å². The Morgan fingerprint density at radius 2 is 1.91 bits per heavy atom. The van der Waals surface area contributed by atoms with Gasteiger partial charge >= 0.3 is 0 Å². The zero-order valence-corrected chi connectivity index (χ0v) is 12.5. The SMILES string of the molecule is O=C(COc1ccc(F)cc1)N1CCS(=O)c2ccccc21. The number of nitrogens with zero attached hydrogens (tertiary/aromatic N) is 1. The number of hydrogen-bond acceptors (Lipinski definition) is 3. The zero-order valence-electron chi connectivity index (χ0n) is 11.7. The minimum Gasteiger partial charge on any atom is -0.484 e. The minimum atomic E-state index is -1.07. The Balaban J connectivity index is 1.72. The van der Waals surface area contributed by atoms with Crippen molar-refractivity contribution in [3.63, 3.8) is 0 Å². The number of para-hydroxylation sites is 1. The molecule has 0 fully saturated rings. The van der Waals surface area contributed by atoms with E-state index in [0.29, 0.717) is 28.6 Å². The highest BCUT2D eigenvalue weighted by Crippen LogP contribution is 2.28. The number of benzene rings is 2. The molecule has 0 saturated carbocycles. The molecule has 1 amide bonds. The summed E-state index contributed by atoms with van der Waals surface area (Å²) < 4.78 is 30.2. The van der Waals surface area contributed by atoms with Gasteiger partial charge in [-0.05, 0) is 36.4 Å². The topological polar surface area (TPSA) is 46.6 Å². The summed E-state index contributed by atoms with van der Waals surface area (Å²) in [7, 11) is -1.07. The summed E-state index contributed by atoms with van der Waals surface area (Å²) in [4.78, 5) is 14.6. The van der Waals surface area contributed by atoms with Gasteiger partial charge in [0.15, 0.2) is 6.61 Å². The number of carbonyl (C=O) groups excluding carboxylic acids is 1. The molecule has 1 atom stereocenters. The molecule has 1 aliphatic rings. The van der Waals surface area contributed by atoms with Gasteiger partial charge in [-0.25, -0.2) is 4.39 Å². The van der Waals surface area contributed by atoms with E-state index in [-0.39, 0.29) is 18.3 Å². The summed E-state index contributed by atoms with van der Waals surface area (Å²) in [5, 5.41) is 0. The van der Waals surface area contributed by atoms with Crippen molar-refractivity contribution in [2.75, 3.05) is 23.8 Å². The summed E-state index contributed by atoms with van der Waals surface area (Å²) in [6.45, 7) is 0.252. The Bertz CT molecular complexity index is 718. The van der Waals surface area contributed by atoms with E-state index in [9.17, 15) is 13.4 Å². The molecule has 0 radical (unpaired) electrons. The van der Waals surface area contributed by atoms with Crippen LogP contribution in [0, 0.1) is 5.82 Å². The fraction of sp³-hybridized carbons (Fsp3) is 0.188. The van der Waals surface area contributed by atoms with Gasteiger partial charge in [-0.15, -0.1) is 0 Å². The maximum Gasteiger partial charge on any atom is 0.264 e. The molecule has 1 unspecified atom stereocenters. The quantitative estimate of drug-likeness (QED) is 0.872. The molecule has 6 heteroatoms. The maximum atomic E-state index is 12.8. The van der Waals surface area contributed by atoms with Gasteiger partial charge in [0.1, 0.15) is 11.6 Å². The molecule has 0 bridgehead atoms. The maximum absolute atomic E-state index is 12.8. The molecule has 1 aliphatic heterocycles. The van der Waals surface area contributed by atoms with Crippen LogP contribution in [0.3, 0.4) is 0 Å². The van der Waals surface area contributed by atoms with Crippen molar-refractivity contribution in [1.29, 1.82) is 0 Å². The van der Waals surface area contributed by atoms with Crippen LogP contribution in [-0.4, -0.2) is 29.0 Å². The second-order valence-electron chi connectivity index (χ2n) is 4.81. The van der Waals surface area contributed by atoms with Crippen molar-refractivity contribution < 1.29 is 18.1 Å². The van der Waals surface area contributed by atoms with E-state index < -0.39 is 10.8 Å². The van der Waals surface area contributed by atoms with Crippen LogP contribution in [0.1, 0.15) is 0 Å². The highest BCUT2D eigenvalue weighted by molar-refractivity contribution is 7.85.